The number of halogens is 3. The Bertz CT molecular complexity index is 446. The molecule has 0 aromatic heterocycles. The molecule has 1 aromatic carbocycles. The third kappa shape index (κ3) is 2.97. The molecule has 0 heterocycles. The molecule has 0 spiro atoms. The van der Waals surface area contributed by atoms with E-state index in [1.54, 1.807) is 0 Å². The molecule has 1 N–H and O–H groups in total. The summed E-state index contributed by atoms with van der Waals surface area (Å²) in [6, 6.07) is 4.39. The number of hydrogen-bond donors (Lipinski definition) is 1. The highest BCUT2D eigenvalue weighted by molar-refractivity contribution is 9.10. The van der Waals surface area contributed by atoms with Gasteiger partial charge in [-0.2, -0.15) is 0 Å². The Morgan fingerprint density at radius 1 is 1.22 bits per heavy atom. The van der Waals surface area contributed by atoms with Gasteiger partial charge < -0.3 is 5.32 Å². The first-order valence-electron chi connectivity index (χ1n) is 6.32. The van der Waals surface area contributed by atoms with Crippen LogP contribution < -0.4 is 5.32 Å². The largest absolute Gasteiger partial charge is 0.381 e. The SMILES string of the molecule is CC1(C)CCCCC1Nc1ccc(Br)c(Cl)c1Cl. The standard InChI is InChI=1S/C14H18BrCl2N/c1-14(2)8-4-3-5-11(14)18-10-7-6-9(15)12(16)13(10)17/h6-7,11,18H,3-5,8H2,1-2H3. The zero-order valence-electron chi connectivity index (χ0n) is 10.7. The summed E-state index contributed by atoms with van der Waals surface area (Å²) >= 11 is 15.8. The fraction of sp³-hybridized carbons (Fsp3) is 0.571. The van der Waals surface area contributed by atoms with Crippen LogP contribution in [0.2, 0.25) is 10.0 Å². The lowest BCUT2D eigenvalue weighted by molar-refractivity contribution is 0.217. The van der Waals surface area contributed by atoms with E-state index in [0.717, 1.165) is 10.2 Å². The maximum Gasteiger partial charge on any atom is 0.0835 e. The number of anilines is 1. The van der Waals surface area contributed by atoms with Crippen LogP contribution in [0.25, 0.3) is 0 Å². The molecule has 1 saturated carbocycles. The molecule has 100 valence electrons. The molecule has 0 radical (unpaired) electrons. The van der Waals surface area contributed by atoms with Crippen molar-refractivity contribution in [1.82, 2.24) is 0 Å². The summed E-state index contributed by atoms with van der Waals surface area (Å²) < 4.78 is 0.836. The van der Waals surface area contributed by atoms with Crippen LogP contribution in [-0.4, -0.2) is 6.04 Å². The maximum atomic E-state index is 6.29. The van der Waals surface area contributed by atoms with Gasteiger partial charge in [0.1, 0.15) is 0 Å². The zero-order valence-corrected chi connectivity index (χ0v) is 13.8. The van der Waals surface area contributed by atoms with Crippen molar-refractivity contribution in [3.63, 3.8) is 0 Å². The lowest BCUT2D eigenvalue weighted by Crippen LogP contribution is -2.38. The molecule has 0 saturated heterocycles. The van der Waals surface area contributed by atoms with Crippen molar-refractivity contribution in [3.05, 3.63) is 26.7 Å². The summed E-state index contributed by atoms with van der Waals surface area (Å²) in [5.74, 6) is 0. The van der Waals surface area contributed by atoms with Crippen molar-refractivity contribution < 1.29 is 0 Å². The molecule has 1 aliphatic carbocycles. The highest BCUT2D eigenvalue weighted by Crippen LogP contribution is 2.41. The molecule has 1 unspecified atom stereocenters. The second-order valence-electron chi connectivity index (χ2n) is 5.65. The van der Waals surface area contributed by atoms with Gasteiger partial charge in [0, 0.05) is 10.5 Å². The number of hydrogen-bond acceptors (Lipinski definition) is 1. The Labute approximate surface area is 127 Å². The van der Waals surface area contributed by atoms with E-state index in [4.69, 9.17) is 23.2 Å². The molecule has 1 aliphatic rings. The minimum atomic E-state index is 0.307. The van der Waals surface area contributed by atoms with Crippen molar-refractivity contribution in [2.75, 3.05) is 5.32 Å². The lowest BCUT2D eigenvalue weighted by Gasteiger charge is -2.39. The molecular formula is C14H18BrCl2N. The Balaban J connectivity index is 2.21. The van der Waals surface area contributed by atoms with Gasteiger partial charge in [-0.25, -0.2) is 0 Å². The van der Waals surface area contributed by atoms with Crippen LogP contribution in [0.5, 0.6) is 0 Å². The highest BCUT2D eigenvalue weighted by atomic mass is 79.9. The summed E-state index contributed by atoms with van der Waals surface area (Å²) in [5, 5.41) is 4.75. The summed E-state index contributed by atoms with van der Waals surface area (Å²) in [4.78, 5) is 0. The van der Waals surface area contributed by atoms with Crippen molar-refractivity contribution in [3.8, 4) is 0 Å². The first-order chi connectivity index (χ1) is 8.42. The number of rotatable bonds is 2. The summed E-state index contributed by atoms with van der Waals surface area (Å²) in [7, 11) is 0. The van der Waals surface area contributed by atoms with E-state index in [0.29, 0.717) is 21.5 Å². The van der Waals surface area contributed by atoms with Crippen LogP contribution in [0, 0.1) is 5.41 Å². The molecular weight excluding hydrogens is 333 g/mol. The first-order valence-corrected chi connectivity index (χ1v) is 7.87. The topological polar surface area (TPSA) is 12.0 Å². The summed E-state index contributed by atoms with van der Waals surface area (Å²) in [6.45, 7) is 4.64. The molecule has 1 nitrogen and oxygen atoms in total. The van der Waals surface area contributed by atoms with E-state index >= 15 is 0 Å². The monoisotopic (exact) mass is 349 g/mol. The minimum absolute atomic E-state index is 0.307. The smallest absolute Gasteiger partial charge is 0.0835 e. The van der Waals surface area contributed by atoms with E-state index < -0.39 is 0 Å². The molecule has 0 amide bonds. The van der Waals surface area contributed by atoms with Crippen LogP contribution >= 0.6 is 39.1 Å². The molecule has 2 rings (SSSR count). The van der Waals surface area contributed by atoms with Gasteiger partial charge >= 0.3 is 0 Å². The maximum absolute atomic E-state index is 6.29. The molecule has 1 fully saturated rings. The van der Waals surface area contributed by atoms with E-state index in [1.807, 2.05) is 12.1 Å². The first kappa shape index (κ1) is 14.5. The van der Waals surface area contributed by atoms with Crippen LogP contribution in [0.3, 0.4) is 0 Å². The van der Waals surface area contributed by atoms with E-state index in [1.165, 1.54) is 25.7 Å². The number of benzene rings is 1. The van der Waals surface area contributed by atoms with Crippen LogP contribution in [-0.2, 0) is 0 Å². The molecule has 1 aromatic rings. The Morgan fingerprint density at radius 2 is 1.94 bits per heavy atom. The van der Waals surface area contributed by atoms with Crippen molar-refractivity contribution >= 4 is 44.8 Å². The Morgan fingerprint density at radius 3 is 2.61 bits per heavy atom. The summed E-state index contributed by atoms with van der Waals surface area (Å²) in [6.07, 6.45) is 5.05. The van der Waals surface area contributed by atoms with Gasteiger partial charge in [-0.05, 0) is 46.3 Å². The summed E-state index contributed by atoms with van der Waals surface area (Å²) in [5.41, 5.74) is 1.24. The Hall–Kier alpha value is 0.0800. The van der Waals surface area contributed by atoms with Crippen molar-refractivity contribution in [2.24, 2.45) is 5.41 Å². The fourth-order valence-corrected chi connectivity index (χ4v) is 3.42. The predicted octanol–water partition coefficient (Wildman–Crippen LogP) is 6.14. The minimum Gasteiger partial charge on any atom is -0.381 e. The van der Waals surface area contributed by atoms with Gasteiger partial charge in [0.15, 0.2) is 0 Å². The average molecular weight is 351 g/mol. The van der Waals surface area contributed by atoms with E-state index in [9.17, 15) is 0 Å². The van der Waals surface area contributed by atoms with Gasteiger partial charge in [-0.15, -0.1) is 0 Å². The van der Waals surface area contributed by atoms with Gasteiger partial charge in [0.05, 0.1) is 15.7 Å². The van der Waals surface area contributed by atoms with E-state index in [2.05, 4.69) is 35.1 Å². The second-order valence-corrected chi connectivity index (χ2v) is 7.26. The van der Waals surface area contributed by atoms with Gasteiger partial charge in [0.2, 0.25) is 0 Å². The molecule has 0 aliphatic heterocycles. The quantitative estimate of drug-likeness (QED) is 0.632. The molecule has 4 heteroatoms. The van der Waals surface area contributed by atoms with Gasteiger partial charge in [0.25, 0.3) is 0 Å². The normalized spacial score (nSPS) is 22.8. The molecule has 0 bridgehead atoms. The highest BCUT2D eigenvalue weighted by Gasteiger charge is 2.32. The van der Waals surface area contributed by atoms with Gasteiger partial charge in [-0.1, -0.05) is 49.9 Å². The van der Waals surface area contributed by atoms with Crippen molar-refractivity contribution in [1.29, 1.82) is 0 Å². The predicted molar refractivity (Wildman–Crippen MR) is 83.8 cm³/mol. The molecule has 18 heavy (non-hydrogen) atoms. The van der Waals surface area contributed by atoms with Crippen LogP contribution in [0.4, 0.5) is 5.69 Å². The second kappa shape index (κ2) is 5.60. The van der Waals surface area contributed by atoms with Gasteiger partial charge in [-0.3, -0.25) is 0 Å². The van der Waals surface area contributed by atoms with Crippen LogP contribution in [0.15, 0.2) is 16.6 Å². The third-order valence-electron chi connectivity index (χ3n) is 3.87. The Kier molecular flexibility index (Phi) is 4.51. The zero-order chi connectivity index (χ0) is 13.3. The average Bonchev–Trinajstić information content (AvgIpc) is 2.32. The third-order valence-corrected chi connectivity index (χ3v) is 5.64. The molecule has 1 atom stereocenters. The number of nitrogens with one attached hydrogen (secondary N) is 1. The van der Waals surface area contributed by atoms with Crippen molar-refractivity contribution in [2.45, 2.75) is 45.6 Å². The fourth-order valence-electron chi connectivity index (χ4n) is 2.59. The van der Waals surface area contributed by atoms with E-state index in [-0.39, 0.29) is 0 Å². The van der Waals surface area contributed by atoms with Crippen LogP contribution in [0.1, 0.15) is 39.5 Å². The lowest BCUT2D eigenvalue weighted by atomic mass is 9.73.